The number of nitrogens with zero attached hydrogens (tertiary/aromatic N) is 2. The Bertz CT molecular complexity index is 377. The van der Waals surface area contributed by atoms with Crippen LogP contribution >= 0.6 is 0 Å². The number of aromatic nitrogens is 1. The molecule has 2 fully saturated rings. The number of rotatable bonds is 5. The molecule has 2 aliphatic rings. The van der Waals surface area contributed by atoms with Gasteiger partial charge in [0.05, 0.1) is 5.69 Å². The molecule has 3 rings (SSSR count). The topological polar surface area (TPSA) is 28.2 Å². The Labute approximate surface area is 110 Å². The molecule has 0 bridgehead atoms. The van der Waals surface area contributed by atoms with Gasteiger partial charge in [-0.3, -0.25) is 9.88 Å². The van der Waals surface area contributed by atoms with Gasteiger partial charge >= 0.3 is 0 Å². The number of hydrogen-bond acceptors (Lipinski definition) is 3. The van der Waals surface area contributed by atoms with Crippen molar-refractivity contribution >= 4 is 0 Å². The fourth-order valence-corrected chi connectivity index (χ4v) is 2.78. The second-order valence-corrected chi connectivity index (χ2v) is 5.78. The largest absolute Gasteiger partial charge is 0.313 e. The molecule has 0 aromatic carbocycles. The minimum absolute atomic E-state index is 0.705. The van der Waals surface area contributed by atoms with Crippen LogP contribution in [-0.2, 0) is 6.54 Å². The van der Waals surface area contributed by atoms with E-state index in [1.165, 1.54) is 50.0 Å². The maximum absolute atomic E-state index is 4.54. The van der Waals surface area contributed by atoms with E-state index in [0.29, 0.717) is 6.04 Å². The Kier molecular flexibility index (Phi) is 3.62. The predicted octanol–water partition coefficient (Wildman–Crippen LogP) is 2.11. The van der Waals surface area contributed by atoms with Gasteiger partial charge in [-0.1, -0.05) is 6.07 Å². The third-order valence-electron chi connectivity index (χ3n) is 4.02. The van der Waals surface area contributed by atoms with Gasteiger partial charge in [-0.05, 0) is 50.8 Å². The Hall–Kier alpha value is -0.930. The monoisotopic (exact) mass is 245 g/mol. The molecule has 1 saturated carbocycles. The van der Waals surface area contributed by atoms with Crippen LogP contribution in [0.2, 0.25) is 0 Å². The van der Waals surface area contributed by atoms with Gasteiger partial charge < -0.3 is 5.32 Å². The van der Waals surface area contributed by atoms with E-state index in [-0.39, 0.29) is 0 Å². The van der Waals surface area contributed by atoms with Crippen molar-refractivity contribution in [2.75, 3.05) is 13.1 Å². The number of aryl methyl sites for hydroxylation is 1. The van der Waals surface area contributed by atoms with Crippen molar-refractivity contribution < 1.29 is 0 Å². The van der Waals surface area contributed by atoms with Crippen LogP contribution in [0.15, 0.2) is 18.3 Å². The number of nitrogens with one attached hydrogen (secondary N) is 1. The SMILES string of the molecule is Cc1ccc(CN(CC2CCCN2)C2CC2)nc1. The summed E-state index contributed by atoms with van der Waals surface area (Å²) in [4.78, 5) is 7.17. The van der Waals surface area contributed by atoms with Gasteiger partial charge in [0, 0.05) is 31.4 Å². The molecular weight excluding hydrogens is 222 g/mol. The maximum atomic E-state index is 4.54. The fourth-order valence-electron chi connectivity index (χ4n) is 2.78. The lowest BCUT2D eigenvalue weighted by atomic mass is 10.2. The van der Waals surface area contributed by atoms with Gasteiger partial charge in [0.1, 0.15) is 0 Å². The van der Waals surface area contributed by atoms with E-state index in [0.717, 1.165) is 12.6 Å². The summed E-state index contributed by atoms with van der Waals surface area (Å²) in [6, 6.07) is 5.86. The van der Waals surface area contributed by atoms with Crippen molar-refractivity contribution in [3.8, 4) is 0 Å². The summed E-state index contributed by atoms with van der Waals surface area (Å²) >= 11 is 0. The minimum Gasteiger partial charge on any atom is -0.313 e. The molecule has 3 heteroatoms. The van der Waals surface area contributed by atoms with Gasteiger partial charge in [-0.25, -0.2) is 0 Å². The zero-order chi connectivity index (χ0) is 12.4. The minimum atomic E-state index is 0.705. The lowest BCUT2D eigenvalue weighted by molar-refractivity contribution is 0.228. The molecule has 0 spiro atoms. The van der Waals surface area contributed by atoms with Crippen LogP contribution in [0.25, 0.3) is 0 Å². The molecule has 1 aliphatic heterocycles. The molecule has 3 nitrogen and oxygen atoms in total. The van der Waals surface area contributed by atoms with E-state index in [2.05, 4.69) is 34.3 Å². The number of hydrogen-bond donors (Lipinski definition) is 1. The molecule has 0 amide bonds. The molecule has 1 unspecified atom stereocenters. The van der Waals surface area contributed by atoms with Crippen LogP contribution in [0.4, 0.5) is 0 Å². The van der Waals surface area contributed by atoms with E-state index in [1.54, 1.807) is 0 Å². The standard InChI is InChI=1S/C15H23N3/c1-12-4-5-14(17-9-12)11-18(15-6-7-15)10-13-3-2-8-16-13/h4-5,9,13,15-16H,2-3,6-8,10-11H2,1H3. The third kappa shape index (κ3) is 3.09. The van der Waals surface area contributed by atoms with E-state index in [4.69, 9.17) is 0 Å². The van der Waals surface area contributed by atoms with Crippen molar-refractivity contribution in [2.24, 2.45) is 0 Å². The van der Waals surface area contributed by atoms with Crippen LogP contribution in [-0.4, -0.2) is 35.1 Å². The fraction of sp³-hybridized carbons (Fsp3) is 0.667. The van der Waals surface area contributed by atoms with Crippen molar-refractivity contribution in [1.29, 1.82) is 0 Å². The second kappa shape index (κ2) is 5.37. The average molecular weight is 245 g/mol. The van der Waals surface area contributed by atoms with Crippen molar-refractivity contribution in [3.05, 3.63) is 29.6 Å². The van der Waals surface area contributed by atoms with Gasteiger partial charge in [-0.15, -0.1) is 0 Å². The van der Waals surface area contributed by atoms with Crippen LogP contribution in [0.1, 0.15) is 36.9 Å². The highest BCUT2D eigenvalue weighted by Crippen LogP contribution is 2.28. The van der Waals surface area contributed by atoms with Crippen LogP contribution in [0.5, 0.6) is 0 Å². The lowest BCUT2D eigenvalue weighted by Gasteiger charge is -2.25. The Morgan fingerprint density at radius 1 is 1.33 bits per heavy atom. The Balaban J connectivity index is 1.60. The smallest absolute Gasteiger partial charge is 0.0544 e. The molecule has 98 valence electrons. The first kappa shape index (κ1) is 12.1. The summed E-state index contributed by atoms with van der Waals surface area (Å²) in [6.07, 6.45) is 7.40. The summed E-state index contributed by atoms with van der Waals surface area (Å²) in [6.45, 7) is 5.51. The molecule has 1 N–H and O–H groups in total. The van der Waals surface area contributed by atoms with Crippen molar-refractivity contribution in [3.63, 3.8) is 0 Å². The van der Waals surface area contributed by atoms with Gasteiger partial charge in [-0.2, -0.15) is 0 Å². The van der Waals surface area contributed by atoms with E-state index < -0.39 is 0 Å². The first-order chi connectivity index (χ1) is 8.81. The zero-order valence-corrected chi connectivity index (χ0v) is 11.2. The molecular formula is C15H23N3. The molecule has 2 heterocycles. The molecule has 1 aromatic rings. The summed E-state index contributed by atoms with van der Waals surface area (Å²) in [5.74, 6) is 0. The first-order valence-electron chi connectivity index (χ1n) is 7.20. The van der Waals surface area contributed by atoms with Crippen molar-refractivity contribution in [1.82, 2.24) is 15.2 Å². The number of pyridine rings is 1. The normalized spacial score (nSPS) is 23.8. The lowest BCUT2D eigenvalue weighted by Crippen LogP contribution is -2.38. The van der Waals surface area contributed by atoms with E-state index in [9.17, 15) is 0 Å². The molecule has 1 atom stereocenters. The zero-order valence-electron chi connectivity index (χ0n) is 11.2. The van der Waals surface area contributed by atoms with Gasteiger partial charge in [0.2, 0.25) is 0 Å². The van der Waals surface area contributed by atoms with Crippen LogP contribution in [0.3, 0.4) is 0 Å². The Morgan fingerprint density at radius 2 is 2.22 bits per heavy atom. The van der Waals surface area contributed by atoms with E-state index in [1.807, 2.05) is 6.20 Å². The Morgan fingerprint density at radius 3 is 2.83 bits per heavy atom. The first-order valence-corrected chi connectivity index (χ1v) is 7.20. The molecule has 1 saturated heterocycles. The van der Waals surface area contributed by atoms with Gasteiger partial charge in [0.15, 0.2) is 0 Å². The summed E-state index contributed by atoms with van der Waals surface area (Å²) in [7, 11) is 0. The maximum Gasteiger partial charge on any atom is 0.0544 e. The average Bonchev–Trinajstić information content (AvgIpc) is 3.10. The third-order valence-corrected chi connectivity index (χ3v) is 4.02. The second-order valence-electron chi connectivity index (χ2n) is 5.78. The molecule has 0 radical (unpaired) electrons. The van der Waals surface area contributed by atoms with Crippen LogP contribution in [0, 0.1) is 6.92 Å². The van der Waals surface area contributed by atoms with Gasteiger partial charge in [0.25, 0.3) is 0 Å². The highest BCUT2D eigenvalue weighted by atomic mass is 15.2. The highest BCUT2D eigenvalue weighted by Gasteiger charge is 2.31. The highest BCUT2D eigenvalue weighted by molar-refractivity contribution is 5.12. The predicted molar refractivity (Wildman–Crippen MR) is 73.4 cm³/mol. The molecule has 18 heavy (non-hydrogen) atoms. The quantitative estimate of drug-likeness (QED) is 0.861. The molecule has 1 aromatic heterocycles. The van der Waals surface area contributed by atoms with Crippen LogP contribution < -0.4 is 5.32 Å². The molecule has 1 aliphatic carbocycles. The van der Waals surface area contributed by atoms with E-state index >= 15 is 0 Å². The summed E-state index contributed by atoms with van der Waals surface area (Å²) in [5, 5.41) is 3.60. The summed E-state index contributed by atoms with van der Waals surface area (Å²) in [5.41, 5.74) is 2.46. The van der Waals surface area contributed by atoms with Crippen molar-refractivity contribution in [2.45, 2.75) is 51.2 Å². The summed E-state index contributed by atoms with van der Waals surface area (Å²) < 4.78 is 0.